The van der Waals surface area contributed by atoms with Crippen LogP contribution in [0.25, 0.3) is 11.0 Å². The van der Waals surface area contributed by atoms with Crippen molar-refractivity contribution in [2.45, 2.75) is 45.3 Å². The van der Waals surface area contributed by atoms with Crippen LogP contribution in [0.5, 0.6) is 0 Å². The zero-order valence-electron chi connectivity index (χ0n) is 22.0. The monoisotopic (exact) mass is 512 g/mol. The fraction of sp³-hybridized carbons (Fsp3) is 0.500. The van der Waals surface area contributed by atoms with Gasteiger partial charge in [0.1, 0.15) is 30.1 Å². The molecule has 36 heavy (non-hydrogen) atoms. The quantitative estimate of drug-likeness (QED) is 0.306. The average molecular weight is 513 g/mol. The first-order valence-corrected chi connectivity index (χ1v) is 16.3. The topological polar surface area (TPSA) is 75.5 Å². The van der Waals surface area contributed by atoms with Crippen LogP contribution in [0.3, 0.4) is 0 Å². The largest absolute Gasteiger partial charge is 0.361 e. The van der Waals surface area contributed by atoms with Gasteiger partial charge in [0.2, 0.25) is 0 Å². The van der Waals surface area contributed by atoms with Gasteiger partial charge in [0, 0.05) is 33.5 Å². The van der Waals surface area contributed by atoms with Gasteiger partial charge in [-0.3, -0.25) is 4.79 Å². The number of hydrogen-bond donors (Lipinski definition) is 1. The molecule has 1 aromatic carbocycles. The highest BCUT2D eigenvalue weighted by molar-refractivity contribution is 6.76. The number of carbonyl (C=O) groups is 1. The van der Waals surface area contributed by atoms with Crippen LogP contribution < -0.4 is 10.2 Å². The average Bonchev–Trinajstić information content (AvgIpc) is 3.40. The van der Waals surface area contributed by atoms with Crippen molar-refractivity contribution in [3.8, 4) is 0 Å². The zero-order valence-corrected chi connectivity index (χ0v) is 23.0. The summed E-state index contributed by atoms with van der Waals surface area (Å²) in [4.78, 5) is 26.5. The molecule has 0 saturated heterocycles. The lowest BCUT2D eigenvalue weighted by atomic mass is 10.2. The molecule has 4 rings (SSSR count). The van der Waals surface area contributed by atoms with Crippen LogP contribution in [0.15, 0.2) is 30.6 Å². The molecular weight excluding hydrogens is 475 g/mol. The molecule has 8 nitrogen and oxygen atoms in total. The first-order valence-electron chi connectivity index (χ1n) is 12.5. The number of carbonyl (C=O) groups excluding carboxylic acids is 1. The van der Waals surface area contributed by atoms with E-state index in [1.807, 2.05) is 24.7 Å². The summed E-state index contributed by atoms with van der Waals surface area (Å²) in [5.74, 6) is 0.303. The third-order valence-corrected chi connectivity index (χ3v) is 8.08. The number of halogens is 1. The van der Waals surface area contributed by atoms with Gasteiger partial charge in [0.15, 0.2) is 5.82 Å². The van der Waals surface area contributed by atoms with Crippen molar-refractivity contribution in [2.75, 3.05) is 45.2 Å². The predicted molar refractivity (Wildman–Crippen MR) is 144 cm³/mol. The third kappa shape index (κ3) is 6.11. The third-order valence-electron chi connectivity index (χ3n) is 6.38. The Balaban J connectivity index is 1.67. The minimum Gasteiger partial charge on any atom is -0.361 e. The van der Waals surface area contributed by atoms with E-state index in [0.717, 1.165) is 42.2 Å². The Morgan fingerprint density at radius 1 is 1.22 bits per heavy atom. The standard InChI is InChI=1S/C26H37FN6O2Si/c1-31(2)11-6-10-28-26(34)23-16-21-24(33(23)18-35-13-14-36(3,4)5)25(30-17-29-21)32-12-9-19-15-20(27)7-8-22(19)32/h7-8,15-17H,6,9-14,18H2,1-5H3,(H,28,34). The van der Waals surface area contributed by atoms with E-state index >= 15 is 0 Å². The molecule has 0 unspecified atom stereocenters. The number of fused-ring (bicyclic) bond motifs is 2. The number of nitrogens with zero attached hydrogens (tertiary/aromatic N) is 5. The van der Waals surface area contributed by atoms with Crippen LogP contribution in [0.1, 0.15) is 22.5 Å². The molecule has 0 spiro atoms. The Hall–Kier alpha value is -2.82. The lowest BCUT2D eigenvalue weighted by Gasteiger charge is -2.21. The first-order chi connectivity index (χ1) is 17.1. The van der Waals surface area contributed by atoms with Gasteiger partial charge in [-0.25, -0.2) is 14.4 Å². The molecule has 3 heterocycles. The number of nitrogens with one attached hydrogen (secondary N) is 1. The van der Waals surface area contributed by atoms with Gasteiger partial charge in [-0.05, 0) is 69.4 Å². The van der Waals surface area contributed by atoms with Gasteiger partial charge in [-0.2, -0.15) is 0 Å². The number of rotatable bonds is 11. The second kappa shape index (κ2) is 11.1. The van der Waals surface area contributed by atoms with Crippen molar-refractivity contribution in [3.63, 3.8) is 0 Å². The highest BCUT2D eigenvalue weighted by Crippen LogP contribution is 2.37. The maximum atomic E-state index is 13.8. The zero-order chi connectivity index (χ0) is 25.9. The fourth-order valence-electron chi connectivity index (χ4n) is 4.41. The maximum Gasteiger partial charge on any atom is 0.268 e. The van der Waals surface area contributed by atoms with E-state index in [4.69, 9.17) is 4.74 Å². The number of hydrogen-bond acceptors (Lipinski definition) is 6. The molecule has 0 fully saturated rings. The van der Waals surface area contributed by atoms with Crippen LogP contribution in [-0.2, 0) is 17.9 Å². The Morgan fingerprint density at radius 2 is 2.03 bits per heavy atom. The van der Waals surface area contributed by atoms with E-state index in [0.29, 0.717) is 36.7 Å². The molecule has 1 aliphatic rings. The Kier molecular flexibility index (Phi) is 8.06. The molecule has 0 saturated carbocycles. The van der Waals surface area contributed by atoms with Crippen molar-refractivity contribution >= 4 is 36.5 Å². The minimum absolute atomic E-state index is 0.157. The number of anilines is 2. The van der Waals surface area contributed by atoms with Gasteiger partial charge in [0.25, 0.3) is 5.91 Å². The number of aromatic nitrogens is 3. The molecule has 0 bridgehead atoms. The van der Waals surface area contributed by atoms with Gasteiger partial charge >= 0.3 is 0 Å². The summed E-state index contributed by atoms with van der Waals surface area (Å²) in [6.45, 7) is 9.97. The lowest BCUT2D eigenvalue weighted by molar-refractivity contribution is 0.0811. The molecule has 0 radical (unpaired) electrons. The van der Waals surface area contributed by atoms with Gasteiger partial charge in [-0.15, -0.1) is 0 Å². The number of ether oxygens (including phenoxy) is 1. The van der Waals surface area contributed by atoms with Crippen molar-refractivity contribution in [3.05, 3.63) is 47.7 Å². The molecule has 0 aliphatic carbocycles. The van der Waals surface area contributed by atoms with Crippen LogP contribution in [0.4, 0.5) is 15.9 Å². The van der Waals surface area contributed by atoms with Crippen LogP contribution in [0.2, 0.25) is 25.7 Å². The summed E-state index contributed by atoms with van der Waals surface area (Å²) in [6, 6.07) is 7.69. The molecule has 3 aromatic rings. The molecule has 1 amide bonds. The lowest BCUT2D eigenvalue weighted by Crippen LogP contribution is -2.29. The van der Waals surface area contributed by atoms with E-state index < -0.39 is 8.07 Å². The van der Waals surface area contributed by atoms with Gasteiger partial charge in [0.05, 0.1) is 5.52 Å². The maximum absolute atomic E-state index is 13.8. The second-order valence-electron chi connectivity index (χ2n) is 10.8. The molecule has 0 atom stereocenters. The Morgan fingerprint density at radius 3 is 2.78 bits per heavy atom. The van der Waals surface area contributed by atoms with Crippen LogP contribution in [-0.4, -0.2) is 73.8 Å². The molecular formula is C26H37FN6O2Si. The van der Waals surface area contributed by atoms with E-state index in [-0.39, 0.29) is 18.5 Å². The summed E-state index contributed by atoms with van der Waals surface area (Å²) < 4.78 is 21.8. The van der Waals surface area contributed by atoms with Crippen molar-refractivity contribution in [1.82, 2.24) is 24.8 Å². The summed E-state index contributed by atoms with van der Waals surface area (Å²) in [7, 11) is 2.78. The number of benzene rings is 1. The normalized spacial score (nSPS) is 13.6. The highest BCUT2D eigenvalue weighted by Gasteiger charge is 2.27. The summed E-state index contributed by atoms with van der Waals surface area (Å²) in [5, 5.41) is 3.04. The summed E-state index contributed by atoms with van der Waals surface area (Å²) in [5.41, 5.74) is 3.82. The fourth-order valence-corrected chi connectivity index (χ4v) is 5.16. The minimum atomic E-state index is -1.26. The van der Waals surface area contributed by atoms with E-state index in [9.17, 15) is 9.18 Å². The second-order valence-corrected chi connectivity index (χ2v) is 16.4. The van der Waals surface area contributed by atoms with Crippen molar-refractivity contribution < 1.29 is 13.9 Å². The van der Waals surface area contributed by atoms with Gasteiger partial charge < -0.3 is 24.4 Å². The summed E-state index contributed by atoms with van der Waals surface area (Å²) >= 11 is 0. The molecule has 194 valence electrons. The Labute approximate surface area is 213 Å². The molecule has 1 N–H and O–H groups in total. The van der Waals surface area contributed by atoms with Crippen LogP contribution >= 0.6 is 0 Å². The molecule has 2 aromatic heterocycles. The first kappa shape index (κ1) is 26.2. The predicted octanol–water partition coefficient (Wildman–Crippen LogP) is 4.26. The smallest absolute Gasteiger partial charge is 0.268 e. The molecule has 1 aliphatic heterocycles. The highest BCUT2D eigenvalue weighted by atomic mass is 28.3. The van der Waals surface area contributed by atoms with Crippen LogP contribution in [0, 0.1) is 5.82 Å². The number of amides is 1. The van der Waals surface area contributed by atoms with E-state index in [1.165, 1.54) is 12.4 Å². The van der Waals surface area contributed by atoms with Crippen molar-refractivity contribution in [1.29, 1.82) is 0 Å². The Bertz CT molecular complexity index is 1220. The van der Waals surface area contributed by atoms with Crippen molar-refractivity contribution in [2.24, 2.45) is 0 Å². The SMILES string of the molecule is CN(C)CCCNC(=O)c1cc2ncnc(N3CCc4cc(F)ccc43)c2n1COCC[Si](C)(C)C. The molecule has 10 heteroatoms. The van der Waals surface area contributed by atoms with E-state index in [1.54, 1.807) is 12.1 Å². The van der Waals surface area contributed by atoms with Gasteiger partial charge in [-0.1, -0.05) is 19.6 Å². The van der Waals surface area contributed by atoms with E-state index in [2.05, 4.69) is 44.7 Å². The summed E-state index contributed by atoms with van der Waals surface area (Å²) in [6.07, 6.45) is 3.11.